The van der Waals surface area contributed by atoms with Gasteiger partial charge in [-0.05, 0) is 20.8 Å². The largest absolute Gasteiger partial charge is 0.373 e. The minimum atomic E-state index is -2.17. The van der Waals surface area contributed by atoms with E-state index in [0.29, 0.717) is 10.6 Å². The summed E-state index contributed by atoms with van der Waals surface area (Å²) < 4.78 is 66.4. The third-order valence-electron chi connectivity index (χ3n) is 2.90. The van der Waals surface area contributed by atoms with Gasteiger partial charge in [0.15, 0.2) is 23.3 Å². The van der Waals surface area contributed by atoms with Gasteiger partial charge >= 0.3 is 0 Å². The van der Waals surface area contributed by atoms with Crippen LogP contribution < -0.4 is 5.32 Å². The van der Waals surface area contributed by atoms with E-state index in [0.717, 1.165) is 5.01 Å². The van der Waals surface area contributed by atoms with Crippen LogP contribution in [0.1, 0.15) is 28.5 Å². The summed E-state index contributed by atoms with van der Waals surface area (Å²) in [5.41, 5.74) is -0.397. The second-order valence-electron chi connectivity index (χ2n) is 4.49. The summed E-state index contributed by atoms with van der Waals surface area (Å²) in [6.07, 6.45) is 0. The maximum absolute atomic E-state index is 13.6. The highest BCUT2D eigenvalue weighted by atomic mass is 32.1. The number of aromatic nitrogens is 1. The standard InChI is InChI=1S/C13H11F5N2S/c1-4-13(21-6(3)19-4)5(2)20-12-10(17)8(15)7(14)9(16)11(12)18/h5,20H,1-3H3. The van der Waals surface area contributed by atoms with Crippen molar-refractivity contribution in [3.8, 4) is 0 Å². The highest BCUT2D eigenvalue weighted by Gasteiger charge is 2.27. The summed E-state index contributed by atoms with van der Waals surface area (Å²) in [5.74, 6) is -9.87. The average Bonchev–Trinajstić information content (AvgIpc) is 2.78. The Balaban J connectivity index is 2.42. The molecule has 2 rings (SSSR count). The van der Waals surface area contributed by atoms with Crippen molar-refractivity contribution in [1.29, 1.82) is 0 Å². The van der Waals surface area contributed by atoms with Crippen molar-refractivity contribution in [2.24, 2.45) is 0 Å². The highest BCUT2D eigenvalue weighted by molar-refractivity contribution is 7.11. The van der Waals surface area contributed by atoms with Gasteiger partial charge in [0.1, 0.15) is 5.69 Å². The zero-order valence-electron chi connectivity index (χ0n) is 11.3. The van der Waals surface area contributed by atoms with E-state index in [1.165, 1.54) is 11.3 Å². The summed E-state index contributed by atoms with van der Waals surface area (Å²) >= 11 is 1.28. The van der Waals surface area contributed by atoms with Crippen LogP contribution in [0.4, 0.5) is 27.6 Å². The lowest BCUT2D eigenvalue weighted by atomic mass is 10.2. The number of hydrogen-bond donors (Lipinski definition) is 1. The summed E-state index contributed by atoms with van der Waals surface area (Å²) in [6.45, 7) is 5.01. The fraction of sp³-hybridized carbons (Fsp3) is 0.308. The monoisotopic (exact) mass is 322 g/mol. The molecule has 0 aliphatic heterocycles. The molecule has 0 spiro atoms. The van der Waals surface area contributed by atoms with Crippen LogP contribution in [0.25, 0.3) is 0 Å². The molecule has 1 atom stereocenters. The molecule has 0 fully saturated rings. The molecule has 1 aromatic heterocycles. The van der Waals surface area contributed by atoms with Crippen molar-refractivity contribution < 1.29 is 22.0 Å². The first kappa shape index (κ1) is 15.7. The van der Waals surface area contributed by atoms with E-state index in [9.17, 15) is 22.0 Å². The average molecular weight is 322 g/mol. The van der Waals surface area contributed by atoms with Gasteiger partial charge in [0, 0.05) is 4.88 Å². The molecule has 0 aliphatic rings. The molecule has 0 radical (unpaired) electrons. The fourth-order valence-electron chi connectivity index (χ4n) is 1.96. The molecule has 8 heteroatoms. The number of anilines is 1. The van der Waals surface area contributed by atoms with Crippen molar-refractivity contribution in [2.75, 3.05) is 5.32 Å². The molecule has 0 bridgehead atoms. The highest BCUT2D eigenvalue weighted by Crippen LogP contribution is 2.32. The van der Waals surface area contributed by atoms with E-state index in [-0.39, 0.29) is 0 Å². The van der Waals surface area contributed by atoms with Gasteiger partial charge in [0.05, 0.1) is 16.7 Å². The van der Waals surface area contributed by atoms with Gasteiger partial charge in [-0.3, -0.25) is 0 Å². The van der Waals surface area contributed by atoms with Crippen molar-refractivity contribution in [3.05, 3.63) is 44.7 Å². The minimum absolute atomic E-state index is 0.640. The number of aryl methyl sites for hydroxylation is 2. The lowest BCUT2D eigenvalue weighted by Crippen LogP contribution is -2.13. The third-order valence-corrected chi connectivity index (χ3v) is 4.16. The molecule has 0 saturated carbocycles. The Morgan fingerprint density at radius 2 is 1.38 bits per heavy atom. The van der Waals surface area contributed by atoms with Gasteiger partial charge in [-0.2, -0.15) is 0 Å². The van der Waals surface area contributed by atoms with Crippen LogP contribution in [-0.2, 0) is 0 Å². The Morgan fingerprint density at radius 3 is 1.81 bits per heavy atom. The van der Waals surface area contributed by atoms with Gasteiger partial charge in [-0.15, -0.1) is 11.3 Å². The lowest BCUT2D eigenvalue weighted by Gasteiger charge is -2.16. The third kappa shape index (κ3) is 2.72. The molecule has 0 saturated heterocycles. The maximum atomic E-state index is 13.6. The Hall–Kier alpha value is -1.70. The number of thiazole rings is 1. The Morgan fingerprint density at radius 1 is 0.905 bits per heavy atom. The molecular weight excluding hydrogens is 311 g/mol. The van der Waals surface area contributed by atoms with Crippen molar-refractivity contribution in [3.63, 3.8) is 0 Å². The summed E-state index contributed by atoms with van der Waals surface area (Å²) in [7, 11) is 0. The van der Waals surface area contributed by atoms with Crippen molar-refractivity contribution in [2.45, 2.75) is 26.8 Å². The zero-order valence-corrected chi connectivity index (χ0v) is 12.1. The van der Waals surface area contributed by atoms with Crippen LogP contribution in [0.3, 0.4) is 0 Å². The maximum Gasteiger partial charge on any atom is 0.200 e. The summed E-state index contributed by atoms with van der Waals surface area (Å²) in [5, 5.41) is 3.08. The van der Waals surface area contributed by atoms with Gasteiger partial charge in [0.2, 0.25) is 5.82 Å². The van der Waals surface area contributed by atoms with E-state index in [1.807, 2.05) is 0 Å². The molecule has 1 unspecified atom stereocenters. The van der Waals surface area contributed by atoms with Crippen molar-refractivity contribution >= 4 is 17.0 Å². The number of rotatable bonds is 3. The minimum Gasteiger partial charge on any atom is -0.373 e. The SMILES string of the molecule is Cc1nc(C)c(C(C)Nc2c(F)c(F)c(F)c(F)c2F)s1. The number of benzene rings is 1. The zero-order chi connectivity index (χ0) is 15.9. The lowest BCUT2D eigenvalue weighted by molar-refractivity contribution is 0.381. The van der Waals surface area contributed by atoms with Gasteiger partial charge in [-0.1, -0.05) is 0 Å². The smallest absolute Gasteiger partial charge is 0.200 e. The normalized spacial score (nSPS) is 12.6. The molecule has 0 aliphatic carbocycles. The molecule has 2 nitrogen and oxygen atoms in total. The van der Waals surface area contributed by atoms with Crippen LogP contribution in [0, 0.1) is 42.9 Å². The van der Waals surface area contributed by atoms with Crippen molar-refractivity contribution in [1.82, 2.24) is 4.98 Å². The van der Waals surface area contributed by atoms with Crippen LogP contribution in [0.2, 0.25) is 0 Å². The van der Waals surface area contributed by atoms with E-state index in [1.54, 1.807) is 20.8 Å². The predicted octanol–water partition coefficient (Wildman–Crippen LogP) is 4.63. The van der Waals surface area contributed by atoms with E-state index >= 15 is 0 Å². The van der Waals surface area contributed by atoms with E-state index in [2.05, 4.69) is 10.3 Å². The Labute approximate surface area is 121 Å². The first-order valence-corrected chi connectivity index (χ1v) is 6.77. The number of nitrogens with one attached hydrogen (secondary N) is 1. The van der Waals surface area contributed by atoms with Gasteiger partial charge in [0.25, 0.3) is 0 Å². The quantitative estimate of drug-likeness (QED) is 0.506. The second kappa shape index (κ2) is 5.59. The van der Waals surface area contributed by atoms with Gasteiger partial charge in [-0.25, -0.2) is 26.9 Å². The van der Waals surface area contributed by atoms with Crippen LogP contribution >= 0.6 is 11.3 Å². The number of halogens is 5. The Bertz CT molecular complexity index is 669. The molecule has 1 aromatic carbocycles. The number of hydrogen-bond acceptors (Lipinski definition) is 3. The summed E-state index contributed by atoms with van der Waals surface area (Å²) in [4.78, 5) is 4.81. The first-order chi connectivity index (χ1) is 9.73. The Kier molecular flexibility index (Phi) is 4.18. The second-order valence-corrected chi connectivity index (χ2v) is 5.73. The fourth-order valence-corrected chi connectivity index (χ4v) is 2.89. The molecule has 114 valence electrons. The molecule has 0 amide bonds. The molecular formula is C13H11F5N2S. The van der Waals surface area contributed by atoms with Gasteiger partial charge < -0.3 is 5.32 Å². The molecule has 1 N–H and O–H groups in total. The van der Waals surface area contributed by atoms with Crippen LogP contribution in [0.5, 0.6) is 0 Å². The van der Waals surface area contributed by atoms with E-state index in [4.69, 9.17) is 0 Å². The van der Waals surface area contributed by atoms with E-state index < -0.39 is 40.8 Å². The number of nitrogens with zero attached hydrogens (tertiary/aromatic N) is 1. The predicted molar refractivity (Wildman–Crippen MR) is 69.9 cm³/mol. The summed E-state index contributed by atoms with van der Waals surface area (Å²) in [6, 6.07) is -0.649. The molecule has 21 heavy (non-hydrogen) atoms. The topological polar surface area (TPSA) is 24.9 Å². The first-order valence-electron chi connectivity index (χ1n) is 5.96. The van der Waals surface area contributed by atoms with Crippen LogP contribution in [-0.4, -0.2) is 4.98 Å². The molecule has 2 aromatic rings. The molecule has 1 heterocycles. The van der Waals surface area contributed by atoms with Crippen LogP contribution in [0.15, 0.2) is 0 Å².